The van der Waals surface area contributed by atoms with Gasteiger partial charge >= 0.3 is 5.97 Å². The van der Waals surface area contributed by atoms with Crippen LogP contribution in [-0.4, -0.2) is 17.0 Å². The zero-order valence-electron chi connectivity index (χ0n) is 12.0. The lowest BCUT2D eigenvalue weighted by Crippen LogP contribution is -2.19. The van der Waals surface area contributed by atoms with Crippen molar-refractivity contribution in [2.24, 2.45) is 28.8 Å². The molecule has 2 atom stereocenters. The van der Waals surface area contributed by atoms with E-state index in [4.69, 9.17) is 5.11 Å². The maximum atomic E-state index is 11.3. The van der Waals surface area contributed by atoms with Crippen molar-refractivity contribution in [3.05, 3.63) is 17.1 Å². The van der Waals surface area contributed by atoms with E-state index in [0.29, 0.717) is 12.8 Å². The normalized spacial score (nSPS) is 14.8. The molecule has 0 spiro atoms. The number of nitroso groups, excluding NO2 is 1. The molecule has 1 N–H and O–H groups in total. The Morgan fingerprint density at radius 1 is 1.00 bits per heavy atom. The maximum Gasteiger partial charge on any atom is 0.307 e. The average Bonchev–Trinajstić information content (AvgIpc) is 2.31. The molecule has 108 valence electrons. The zero-order valence-corrected chi connectivity index (χ0v) is 12.0. The highest BCUT2D eigenvalue weighted by molar-refractivity contribution is 5.79. The molecule has 0 fully saturated rings. The van der Waals surface area contributed by atoms with Crippen LogP contribution in [0.3, 0.4) is 0 Å². The lowest BCUT2D eigenvalue weighted by atomic mass is 9.90. The van der Waals surface area contributed by atoms with Gasteiger partial charge in [0.15, 0.2) is 0 Å². The van der Waals surface area contributed by atoms with E-state index in [-0.39, 0.29) is 11.8 Å². The van der Waals surface area contributed by atoms with Crippen LogP contribution in [0.15, 0.2) is 17.3 Å². The summed E-state index contributed by atoms with van der Waals surface area (Å²) in [5.41, 5.74) is 0. The molecule has 1 amide bonds. The molecule has 0 aromatic rings. The number of nitrogens with zero attached hydrogens (tertiary/aromatic N) is 1. The molecule has 5 heteroatoms. The molecule has 0 heterocycles. The molecule has 0 aliphatic carbocycles. The van der Waals surface area contributed by atoms with E-state index in [2.05, 4.69) is 5.18 Å². The Balaban J connectivity index is 4.44. The summed E-state index contributed by atoms with van der Waals surface area (Å²) in [4.78, 5) is 32.5. The Hall–Kier alpha value is -1.52. The summed E-state index contributed by atoms with van der Waals surface area (Å²) < 4.78 is 0. The van der Waals surface area contributed by atoms with E-state index in [9.17, 15) is 14.5 Å². The van der Waals surface area contributed by atoms with E-state index in [1.807, 2.05) is 27.7 Å². The van der Waals surface area contributed by atoms with Gasteiger partial charge in [0, 0.05) is 11.1 Å². The van der Waals surface area contributed by atoms with Gasteiger partial charge in [-0.1, -0.05) is 39.8 Å². The van der Waals surface area contributed by atoms with Gasteiger partial charge in [0.25, 0.3) is 5.91 Å². The fraction of sp³-hybridized carbons (Fsp3) is 0.714. The van der Waals surface area contributed by atoms with Crippen molar-refractivity contribution in [1.29, 1.82) is 0 Å². The van der Waals surface area contributed by atoms with Gasteiger partial charge in [0.05, 0.1) is 5.92 Å². The summed E-state index contributed by atoms with van der Waals surface area (Å²) in [6, 6.07) is 0. The van der Waals surface area contributed by atoms with Crippen LogP contribution in [0.25, 0.3) is 0 Å². The van der Waals surface area contributed by atoms with Crippen molar-refractivity contribution >= 4 is 11.9 Å². The highest BCUT2D eigenvalue weighted by Crippen LogP contribution is 2.20. The monoisotopic (exact) mass is 269 g/mol. The molecule has 5 nitrogen and oxygen atoms in total. The van der Waals surface area contributed by atoms with Gasteiger partial charge in [0.1, 0.15) is 0 Å². The van der Waals surface area contributed by atoms with Crippen LogP contribution < -0.4 is 0 Å². The van der Waals surface area contributed by atoms with Crippen LogP contribution in [-0.2, 0) is 9.59 Å². The molecule has 0 rings (SSSR count). The van der Waals surface area contributed by atoms with Crippen molar-refractivity contribution in [3.63, 3.8) is 0 Å². The lowest BCUT2D eigenvalue weighted by Gasteiger charge is -2.15. The number of allylic oxidation sites excluding steroid dienone is 2. The number of hydrogen-bond acceptors (Lipinski definition) is 3. The van der Waals surface area contributed by atoms with Crippen molar-refractivity contribution in [2.45, 2.75) is 40.5 Å². The first kappa shape index (κ1) is 17.5. The Kier molecular flexibility index (Phi) is 7.87. The van der Waals surface area contributed by atoms with Crippen molar-refractivity contribution < 1.29 is 14.7 Å². The van der Waals surface area contributed by atoms with E-state index in [1.54, 1.807) is 12.2 Å². The first-order chi connectivity index (χ1) is 8.81. The highest BCUT2D eigenvalue weighted by atomic mass is 16.4. The molecule has 0 aliphatic heterocycles. The smallest absolute Gasteiger partial charge is 0.307 e. The molecule has 0 saturated heterocycles. The Labute approximate surface area is 114 Å². The summed E-state index contributed by atoms with van der Waals surface area (Å²) in [7, 11) is 0. The number of hydrogen-bond donors (Lipinski definition) is 1. The predicted octanol–water partition coefficient (Wildman–Crippen LogP) is 3.24. The highest BCUT2D eigenvalue weighted by Gasteiger charge is 2.22. The molecular weight excluding hydrogens is 246 g/mol. The zero-order chi connectivity index (χ0) is 15.0. The van der Waals surface area contributed by atoms with E-state index in [0.717, 1.165) is 0 Å². The minimum absolute atomic E-state index is 0.0372. The van der Waals surface area contributed by atoms with Gasteiger partial charge in [-0.2, -0.15) is 0 Å². The summed E-state index contributed by atoms with van der Waals surface area (Å²) in [5.74, 6) is -2.20. The van der Waals surface area contributed by atoms with Crippen LogP contribution in [0, 0.1) is 28.6 Å². The number of carboxylic acid groups (broad SMARTS) is 1. The van der Waals surface area contributed by atoms with Crippen molar-refractivity contribution in [1.82, 2.24) is 0 Å². The average molecular weight is 269 g/mol. The number of aliphatic carboxylic acids is 1. The quantitative estimate of drug-likeness (QED) is 0.541. The first-order valence-corrected chi connectivity index (χ1v) is 6.56. The van der Waals surface area contributed by atoms with Gasteiger partial charge in [0.2, 0.25) is 0 Å². The number of rotatable bonds is 8. The molecule has 0 aliphatic rings. The Morgan fingerprint density at radius 2 is 1.42 bits per heavy atom. The molecule has 0 saturated carbocycles. The minimum atomic E-state index is -0.814. The third kappa shape index (κ3) is 6.27. The van der Waals surface area contributed by atoms with Gasteiger partial charge < -0.3 is 5.11 Å². The van der Waals surface area contributed by atoms with Crippen LogP contribution in [0.2, 0.25) is 0 Å². The second-order valence-corrected chi connectivity index (χ2v) is 5.41. The molecule has 19 heavy (non-hydrogen) atoms. The van der Waals surface area contributed by atoms with E-state index < -0.39 is 23.7 Å². The standard InChI is InChI=1S/C14H23NO4/c1-9(2)11(13(16)15-19)7-5-6-8-12(10(3)4)14(17)18/h5-6,9-12H,7-8H2,1-4H3,(H,17,18)/t11-,12-/m0/s1. The topological polar surface area (TPSA) is 83.8 Å². The Bertz CT molecular complexity index is 347. The van der Waals surface area contributed by atoms with Crippen molar-refractivity contribution in [2.75, 3.05) is 0 Å². The summed E-state index contributed by atoms with van der Waals surface area (Å²) >= 11 is 0. The van der Waals surface area contributed by atoms with Crippen molar-refractivity contribution in [3.8, 4) is 0 Å². The van der Waals surface area contributed by atoms with Crippen LogP contribution >= 0.6 is 0 Å². The number of carbonyl (C=O) groups excluding carboxylic acids is 1. The summed E-state index contributed by atoms with van der Waals surface area (Å²) in [6.45, 7) is 7.44. The fourth-order valence-electron chi connectivity index (χ4n) is 1.87. The summed E-state index contributed by atoms with van der Waals surface area (Å²) in [5, 5.41) is 11.5. The second-order valence-electron chi connectivity index (χ2n) is 5.41. The fourth-order valence-corrected chi connectivity index (χ4v) is 1.87. The van der Waals surface area contributed by atoms with Gasteiger partial charge in [-0.25, -0.2) is 0 Å². The molecule has 0 bridgehead atoms. The van der Waals surface area contributed by atoms with E-state index >= 15 is 0 Å². The van der Waals surface area contributed by atoms with Crippen LogP contribution in [0.5, 0.6) is 0 Å². The molecular formula is C14H23NO4. The predicted molar refractivity (Wildman–Crippen MR) is 73.5 cm³/mol. The van der Waals surface area contributed by atoms with E-state index in [1.165, 1.54) is 0 Å². The third-order valence-electron chi connectivity index (χ3n) is 3.28. The number of carbonyl (C=O) groups is 2. The lowest BCUT2D eigenvalue weighted by molar-refractivity contribution is -0.143. The largest absolute Gasteiger partial charge is 0.481 e. The number of carboxylic acids is 1. The first-order valence-electron chi connectivity index (χ1n) is 6.56. The third-order valence-corrected chi connectivity index (χ3v) is 3.28. The minimum Gasteiger partial charge on any atom is -0.481 e. The van der Waals surface area contributed by atoms with Crippen LogP contribution in [0.1, 0.15) is 40.5 Å². The van der Waals surface area contributed by atoms with Gasteiger partial charge in [-0.15, -0.1) is 4.91 Å². The molecule has 0 unspecified atom stereocenters. The maximum absolute atomic E-state index is 11.3. The molecule has 0 aromatic carbocycles. The summed E-state index contributed by atoms with van der Waals surface area (Å²) in [6.07, 6.45) is 4.39. The molecule has 0 radical (unpaired) electrons. The molecule has 0 aromatic heterocycles. The van der Waals surface area contributed by atoms with Gasteiger partial charge in [-0.3, -0.25) is 9.59 Å². The SMILES string of the molecule is CC(C)[C@H](CC=CC[C@H](C(=O)N=O)C(C)C)C(=O)O. The van der Waals surface area contributed by atoms with Gasteiger partial charge in [-0.05, 0) is 24.7 Å². The Morgan fingerprint density at radius 3 is 1.74 bits per heavy atom. The second kappa shape index (κ2) is 8.56. The van der Waals surface area contributed by atoms with Crippen LogP contribution in [0.4, 0.5) is 0 Å². The number of amides is 1.